The van der Waals surface area contributed by atoms with Gasteiger partial charge in [-0.15, -0.1) is 0 Å². The molecular formula is C14H30. The molecule has 0 heterocycles. The van der Waals surface area contributed by atoms with Crippen molar-refractivity contribution < 1.29 is 0 Å². The number of hydrogen-bond acceptors (Lipinski definition) is 0. The third-order valence-corrected chi connectivity index (χ3v) is 4.08. The van der Waals surface area contributed by atoms with Gasteiger partial charge in [-0.05, 0) is 29.6 Å². The smallest absolute Gasteiger partial charge is 0.0358 e. The molecule has 0 aliphatic heterocycles. The Morgan fingerprint density at radius 3 is 1.29 bits per heavy atom. The topological polar surface area (TPSA) is 0 Å². The predicted octanol–water partition coefficient (Wildman–Crippen LogP) is 4.99. The molecule has 3 unspecified atom stereocenters. The highest BCUT2D eigenvalue weighted by molar-refractivity contribution is 4.77. The fourth-order valence-electron chi connectivity index (χ4n) is 2.83. The number of rotatable bonds is 6. The molecule has 0 saturated carbocycles. The Labute approximate surface area is 91.5 Å². The molecule has 86 valence electrons. The molecule has 0 saturated heterocycles. The van der Waals surface area contributed by atoms with E-state index in [9.17, 15) is 0 Å². The fourth-order valence-corrected chi connectivity index (χ4v) is 2.83. The summed E-state index contributed by atoms with van der Waals surface area (Å²) in [7, 11) is 0. The van der Waals surface area contributed by atoms with Gasteiger partial charge in [0, 0.05) is 0 Å². The summed E-state index contributed by atoms with van der Waals surface area (Å²) in [4.78, 5) is 0. The standard InChI is InChI=1S/C14H30/c1-8-13(11(5)6)14(9-2)12(7)10(3)4/h10-14H,8-9H2,1-7H3. The van der Waals surface area contributed by atoms with Crippen LogP contribution >= 0.6 is 0 Å². The van der Waals surface area contributed by atoms with Crippen molar-refractivity contribution in [2.45, 2.75) is 61.3 Å². The summed E-state index contributed by atoms with van der Waals surface area (Å²) in [6, 6.07) is 0. The van der Waals surface area contributed by atoms with Crippen LogP contribution in [0, 0.1) is 29.6 Å². The first kappa shape index (κ1) is 14.0. The highest BCUT2D eigenvalue weighted by Crippen LogP contribution is 2.35. The molecule has 0 rings (SSSR count). The zero-order chi connectivity index (χ0) is 11.3. The average Bonchev–Trinajstić information content (AvgIpc) is 2.11. The van der Waals surface area contributed by atoms with Crippen LogP contribution < -0.4 is 0 Å². The molecular weight excluding hydrogens is 168 g/mol. The van der Waals surface area contributed by atoms with E-state index in [2.05, 4.69) is 48.5 Å². The minimum atomic E-state index is 0.827. The fraction of sp³-hybridized carbons (Fsp3) is 1.00. The molecule has 0 aromatic rings. The molecule has 0 nitrogen and oxygen atoms in total. The molecule has 0 bridgehead atoms. The van der Waals surface area contributed by atoms with Gasteiger partial charge in [0.2, 0.25) is 0 Å². The summed E-state index contributed by atoms with van der Waals surface area (Å²) in [5, 5.41) is 0. The van der Waals surface area contributed by atoms with Gasteiger partial charge in [0.05, 0.1) is 0 Å². The largest absolute Gasteiger partial charge is 0.0651 e. The highest BCUT2D eigenvalue weighted by atomic mass is 14.3. The van der Waals surface area contributed by atoms with Crippen molar-refractivity contribution in [3.63, 3.8) is 0 Å². The maximum Gasteiger partial charge on any atom is -0.0358 e. The van der Waals surface area contributed by atoms with E-state index in [1.54, 1.807) is 0 Å². The first-order valence-electron chi connectivity index (χ1n) is 6.45. The van der Waals surface area contributed by atoms with Gasteiger partial charge in [-0.2, -0.15) is 0 Å². The molecule has 0 amide bonds. The molecule has 0 heteroatoms. The van der Waals surface area contributed by atoms with Crippen molar-refractivity contribution >= 4 is 0 Å². The number of hydrogen-bond donors (Lipinski definition) is 0. The molecule has 0 spiro atoms. The van der Waals surface area contributed by atoms with Crippen LogP contribution in [0.2, 0.25) is 0 Å². The second kappa shape index (κ2) is 6.48. The van der Waals surface area contributed by atoms with Crippen LogP contribution in [0.25, 0.3) is 0 Å². The maximum atomic E-state index is 2.43. The lowest BCUT2D eigenvalue weighted by atomic mass is 9.70. The van der Waals surface area contributed by atoms with Crippen molar-refractivity contribution in [1.29, 1.82) is 0 Å². The molecule has 0 aliphatic carbocycles. The maximum absolute atomic E-state index is 2.43. The summed E-state index contributed by atoms with van der Waals surface area (Å²) < 4.78 is 0. The summed E-state index contributed by atoms with van der Waals surface area (Å²) in [6.07, 6.45) is 2.68. The Morgan fingerprint density at radius 1 is 0.643 bits per heavy atom. The monoisotopic (exact) mass is 198 g/mol. The van der Waals surface area contributed by atoms with E-state index >= 15 is 0 Å². The van der Waals surface area contributed by atoms with Gasteiger partial charge < -0.3 is 0 Å². The van der Waals surface area contributed by atoms with E-state index in [0.717, 1.165) is 29.6 Å². The first-order chi connectivity index (χ1) is 6.45. The van der Waals surface area contributed by atoms with Crippen molar-refractivity contribution in [3.8, 4) is 0 Å². The molecule has 0 aromatic carbocycles. The van der Waals surface area contributed by atoms with Gasteiger partial charge >= 0.3 is 0 Å². The summed E-state index contributed by atoms with van der Waals surface area (Å²) >= 11 is 0. The quantitative estimate of drug-likeness (QED) is 0.564. The zero-order valence-electron chi connectivity index (χ0n) is 11.3. The van der Waals surface area contributed by atoms with E-state index in [1.165, 1.54) is 12.8 Å². The van der Waals surface area contributed by atoms with Crippen LogP contribution in [0.4, 0.5) is 0 Å². The lowest BCUT2D eigenvalue weighted by Crippen LogP contribution is -2.27. The third-order valence-electron chi connectivity index (χ3n) is 4.08. The minimum absolute atomic E-state index is 0.827. The van der Waals surface area contributed by atoms with E-state index in [-0.39, 0.29) is 0 Å². The Hall–Kier alpha value is 0. The van der Waals surface area contributed by atoms with Crippen molar-refractivity contribution in [2.75, 3.05) is 0 Å². The van der Waals surface area contributed by atoms with Crippen LogP contribution in [-0.2, 0) is 0 Å². The van der Waals surface area contributed by atoms with Gasteiger partial charge in [-0.25, -0.2) is 0 Å². The summed E-state index contributed by atoms with van der Waals surface area (Å²) in [6.45, 7) is 16.6. The van der Waals surface area contributed by atoms with E-state index in [0.29, 0.717) is 0 Å². The van der Waals surface area contributed by atoms with E-state index in [4.69, 9.17) is 0 Å². The predicted molar refractivity (Wildman–Crippen MR) is 66.4 cm³/mol. The lowest BCUT2D eigenvalue weighted by molar-refractivity contribution is 0.143. The normalized spacial score (nSPS) is 18.6. The molecule has 14 heavy (non-hydrogen) atoms. The van der Waals surface area contributed by atoms with Crippen LogP contribution in [0.15, 0.2) is 0 Å². The van der Waals surface area contributed by atoms with E-state index in [1.807, 2.05) is 0 Å². The zero-order valence-corrected chi connectivity index (χ0v) is 11.3. The molecule has 0 aliphatic rings. The van der Waals surface area contributed by atoms with Gasteiger partial charge in [-0.3, -0.25) is 0 Å². The molecule has 3 atom stereocenters. The Bertz CT molecular complexity index is 135. The van der Waals surface area contributed by atoms with Gasteiger partial charge in [0.1, 0.15) is 0 Å². The molecule has 0 radical (unpaired) electrons. The Morgan fingerprint density at radius 2 is 1.07 bits per heavy atom. The Balaban J connectivity index is 4.50. The second-order valence-corrected chi connectivity index (χ2v) is 5.49. The third kappa shape index (κ3) is 3.63. The van der Waals surface area contributed by atoms with Crippen molar-refractivity contribution in [3.05, 3.63) is 0 Å². The van der Waals surface area contributed by atoms with Crippen LogP contribution in [0.3, 0.4) is 0 Å². The van der Waals surface area contributed by atoms with Gasteiger partial charge in [-0.1, -0.05) is 61.3 Å². The minimum Gasteiger partial charge on any atom is -0.0651 e. The van der Waals surface area contributed by atoms with Gasteiger partial charge in [0.15, 0.2) is 0 Å². The summed E-state index contributed by atoms with van der Waals surface area (Å²) in [5.41, 5.74) is 0. The van der Waals surface area contributed by atoms with Crippen molar-refractivity contribution in [2.24, 2.45) is 29.6 Å². The molecule has 0 aromatic heterocycles. The highest BCUT2D eigenvalue weighted by Gasteiger charge is 2.27. The average molecular weight is 198 g/mol. The first-order valence-corrected chi connectivity index (χ1v) is 6.45. The SMILES string of the molecule is CCC(C(C)C)C(CC)C(C)C(C)C. The van der Waals surface area contributed by atoms with Crippen LogP contribution in [-0.4, -0.2) is 0 Å². The van der Waals surface area contributed by atoms with Crippen molar-refractivity contribution in [1.82, 2.24) is 0 Å². The van der Waals surface area contributed by atoms with Crippen LogP contribution in [0.1, 0.15) is 61.3 Å². The second-order valence-electron chi connectivity index (χ2n) is 5.49. The van der Waals surface area contributed by atoms with E-state index < -0.39 is 0 Å². The Kier molecular flexibility index (Phi) is 6.48. The molecule has 0 N–H and O–H groups in total. The lowest BCUT2D eigenvalue weighted by Gasteiger charge is -2.35. The van der Waals surface area contributed by atoms with Gasteiger partial charge in [0.25, 0.3) is 0 Å². The molecule has 0 fully saturated rings. The van der Waals surface area contributed by atoms with Crippen LogP contribution in [0.5, 0.6) is 0 Å². The summed E-state index contributed by atoms with van der Waals surface area (Å²) in [5.74, 6) is 4.36.